The number of ether oxygens (including phenoxy) is 1. The number of carbonyl (C=O) groups is 1. The monoisotopic (exact) mass is 182 g/mol. The second kappa shape index (κ2) is 3.00. The van der Waals surface area contributed by atoms with Crippen molar-refractivity contribution in [1.29, 1.82) is 0 Å². The molecule has 2 aliphatic carbocycles. The van der Waals surface area contributed by atoms with E-state index in [0.717, 1.165) is 0 Å². The van der Waals surface area contributed by atoms with Crippen LogP contribution in [0.25, 0.3) is 0 Å². The molecule has 0 aromatic carbocycles. The van der Waals surface area contributed by atoms with Crippen LogP contribution in [0.4, 0.5) is 0 Å². The summed E-state index contributed by atoms with van der Waals surface area (Å²) in [6.45, 7) is 4.40. The predicted octanol–water partition coefficient (Wildman–Crippen LogP) is 2.38. The van der Waals surface area contributed by atoms with Crippen LogP contribution in [0.15, 0.2) is 0 Å². The van der Waals surface area contributed by atoms with Crippen LogP contribution in [0.1, 0.15) is 39.5 Å². The largest absolute Gasteiger partial charge is 0.466 e. The van der Waals surface area contributed by atoms with Crippen molar-refractivity contribution in [3.63, 3.8) is 0 Å². The van der Waals surface area contributed by atoms with Crippen LogP contribution < -0.4 is 0 Å². The quantitative estimate of drug-likeness (QED) is 0.626. The summed E-state index contributed by atoms with van der Waals surface area (Å²) in [5.74, 6) is 0.746. The summed E-state index contributed by atoms with van der Waals surface area (Å²) in [5, 5.41) is 0. The van der Waals surface area contributed by atoms with E-state index in [2.05, 4.69) is 0 Å². The van der Waals surface area contributed by atoms with Gasteiger partial charge in [0.25, 0.3) is 0 Å². The van der Waals surface area contributed by atoms with Crippen LogP contribution in [0.2, 0.25) is 0 Å². The average Bonchev–Trinajstić information content (AvgIpc) is 2.80. The van der Waals surface area contributed by atoms with Crippen LogP contribution in [0.3, 0.4) is 0 Å². The summed E-state index contributed by atoms with van der Waals surface area (Å²) in [6, 6.07) is 0. The molecule has 0 heterocycles. The van der Waals surface area contributed by atoms with Gasteiger partial charge in [0.2, 0.25) is 0 Å². The first-order valence-corrected chi connectivity index (χ1v) is 5.33. The van der Waals surface area contributed by atoms with Gasteiger partial charge in [-0.15, -0.1) is 0 Å². The molecule has 0 aliphatic heterocycles. The number of carbonyl (C=O) groups excluding carboxylic acids is 1. The Balaban J connectivity index is 1.77. The van der Waals surface area contributed by atoms with E-state index in [4.69, 9.17) is 4.74 Å². The van der Waals surface area contributed by atoms with E-state index in [1.807, 2.05) is 13.8 Å². The van der Waals surface area contributed by atoms with E-state index in [1.165, 1.54) is 25.7 Å². The summed E-state index contributed by atoms with van der Waals surface area (Å²) in [7, 11) is 0. The van der Waals surface area contributed by atoms with Crippen molar-refractivity contribution in [1.82, 2.24) is 0 Å². The second-order valence-corrected chi connectivity index (χ2v) is 4.71. The first-order valence-electron chi connectivity index (χ1n) is 5.33. The molecule has 2 heteroatoms. The van der Waals surface area contributed by atoms with Gasteiger partial charge in [-0.25, -0.2) is 0 Å². The van der Waals surface area contributed by atoms with Gasteiger partial charge in [-0.2, -0.15) is 0 Å². The lowest BCUT2D eigenvalue weighted by Gasteiger charge is -2.38. The van der Waals surface area contributed by atoms with Crippen molar-refractivity contribution in [3.8, 4) is 0 Å². The fraction of sp³-hybridized carbons (Fsp3) is 0.909. The Kier molecular flexibility index (Phi) is 2.09. The maximum atomic E-state index is 11.4. The van der Waals surface area contributed by atoms with Gasteiger partial charge >= 0.3 is 5.97 Å². The molecule has 2 saturated carbocycles. The fourth-order valence-electron chi connectivity index (χ4n) is 2.46. The number of rotatable bonds is 3. The topological polar surface area (TPSA) is 26.3 Å². The van der Waals surface area contributed by atoms with Gasteiger partial charge in [0.15, 0.2) is 0 Å². The van der Waals surface area contributed by atoms with Crippen molar-refractivity contribution >= 4 is 5.97 Å². The summed E-state index contributed by atoms with van der Waals surface area (Å²) < 4.78 is 5.01. The Morgan fingerprint density at radius 2 is 2.15 bits per heavy atom. The van der Waals surface area contributed by atoms with E-state index in [9.17, 15) is 4.79 Å². The molecule has 2 nitrogen and oxygen atoms in total. The Morgan fingerprint density at radius 3 is 2.62 bits per heavy atom. The number of hydrogen-bond acceptors (Lipinski definition) is 2. The second-order valence-electron chi connectivity index (χ2n) is 4.71. The molecule has 2 aliphatic rings. The van der Waals surface area contributed by atoms with E-state index in [0.29, 0.717) is 17.9 Å². The third kappa shape index (κ3) is 1.59. The normalized spacial score (nSPS) is 26.6. The van der Waals surface area contributed by atoms with Gasteiger partial charge in [-0.1, -0.05) is 6.92 Å². The van der Waals surface area contributed by atoms with Crippen LogP contribution >= 0.6 is 0 Å². The first-order chi connectivity index (χ1) is 6.17. The molecule has 2 rings (SSSR count). The molecule has 0 aromatic rings. The zero-order chi connectivity index (χ0) is 9.47. The molecule has 0 aromatic heterocycles. The Bertz CT molecular complexity index is 210. The Hall–Kier alpha value is -0.530. The molecule has 0 radical (unpaired) electrons. The maximum absolute atomic E-state index is 11.4. The standard InChI is InChI=1S/C11H18O2/c1-3-13-10(12)8(2)9-6-11(7-9)4-5-11/h8-9H,3-7H2,1-2H3. The molecule has 0 amide bonds. The van der Waals surface area contributed by atoms with Crippen LogP contribution in [-0.2, 0) is 9.53 Å². The van der Waals surface area contributed by atoms with Gasteiger partial charge in [0, 0.05) is 0 Å². The lowest BCUT2D eigenvalue weighted by Crippen LogP contribution is -2.34. The van der Waals surface area contributed by atoms with Gasteiger partial charge in [0.1, 0.15) is 0 Å². The minimum absolute atomic E-state index is 0.00278. The molecule has 0 N–H and O–H groups in total. The smallest absolute Gasteiger partial charge is 0.308 e. The first kappa shape index (κ1) is 9.04. The third-order valence-corrected chi connectivity index (χ3v) is 3.71. The van der Waals surface area contributed by atoms with Crippen LogP contribution in [0.5, 0.6) is 0 Å². The van der Waals surface area contributed by atoms with E-state index < -0.39 is 0 Å². The fourth-order valence-corrected chi connectivity index (χ4v) is 2.46. The van der Waals surface area contributed by atoms with Crippen molar-refractivity contribution < 1.29 is 9.53 Å². The molecule has 74 valence electrons. The summed E-state index contributed by atoms with van der Waals surface area (Å²) in [5.41, 5.74) is 0.700. The minimum Gasteiger partial charge on any atom is -0.466 e. The van der Waals surface area contributed by atoms with Gasteiger partial charge in [0.05, 0.1) is 12.5 Å². The van der Waals surface area contributed by atoms with Crippen molar-refractivity contribution in [3.05, 3.63) is 0 Å². The Labute approximate surface area is 79.7 Å². The zero-order valence-corrected chi connectivity index (χ0v) is 8.51. The van der Waals surface area contributed by atoms with Crippen molar-refractivity contribution in [2.45, 2.75) is 39.5 Å². The molecule has 2 fully saturated rings. The van der Waals surface area contributed by atoms with E-state index in [-0.39, 0.29) is 11.9 Å². The molecular weight excluding hydrogens is 164 g/mol. The molecule has 1 atom stereocenters. The molecule has 1 spiro atoms. The minimum atomic E-state index is 0.00278. The van der Waals surface area contributed by atoms with Crippen LogP contribution in [-0.4, -0.2) is 12.6 Å². The van der Waals surface area contributed by atoms with Gasteiger partial charge in [-0.3, -0.25) is 4.79 Å². The zero-order valence-electron chi connectivity index (χ0n) is 8.51. The van der Waals surface area contributed by atoms with Gasteiger partial charge < -0.3 is 4.74 Å². The number of hydrogen-bond donors (Lipinski definition) is 0. The summed E-state index contributed by atoms with van der Waals surface area (Å²) in [4.78, 5) is 11.4. The van der Waals surface area contributed by atoms with E-state index in [1.54, 1.807) is 0 Å². The SMILES string of the molecule is CCOC(=O)C(C)C1CC2(CC2)C1. The van der Waals surface area contributed by atoms with E-state index >= 15 is 0 Å². The lowest BCUT2D eigenvalue weighted by molar-refractivity contribution is -0.151. The highest BCUT2D eigenvalue weighted by molar-refractivity contribution is 5.72. The molecule has 0 bridgehead atoms. The Morgan fingerprint density at radius 1 is 1.54 bits per heavy atom. The highest BCUT2D eigenvalue weighted by Crippen LogP contribution is 2.64. The third-order valence-electron chi connectivity index (χ3n) is 3.71. The molecular formula is C11H18O2. The molecule has 0 saturated heterocycles. The highest BCUT2D eigenvalue weighted by atomic mass is 16.5. The van der Waals surface area contributed by atoms with Crippen LogP contribution in [0, 0.1) is 17.3 Å². The molecule has 13 heavy (non-hydrogen) atoms. The summed E-state index contributed by atoms with van der Waals surface area (Å²) >= 11 is 0. The predicted molar refractivity (Wildman–Crippen MR) is 50.2 cm³/mol. The highest BCUT2D eigenvalue weighted by Gasteiger charge is 2.54. The average molecular weight is 182 g/mol. The van der Waals surface area contributed by atoms with Crippen molar-refractivity contribution in [2.75, 3.05) is 6.61 Å². The lowest BCUT2D eigenvalue weighted by atomic mass is 9.66. The maximum Gasteiger partial charge on any atom is 0.308 e. The molecule has 1 unspecified atom stereocenters. The van der Waals surface area contributed by atoms with Gasteiger partial charge in [-0.05, 0) is 43.9 Å². The summed E-state index contributed by atoms with van der Waals surface area (Å²) in [6.07, 6.45) is 5.35. The number of esters is 1. The van der Waals surface area contributed by atoms with Crippen molar-refractivity contribution in [2.24, 2.45) is 17.3 Å².